The molecule has 0 bridgehead atoms. The van der Waals surface area contributed by atoms with E-state index < -0.39 is 0 Å². The third-order valence-corrected chi connectivity index (χ3v) is 2.43. The number of carbonyl (C=O) groups excluding carboxylic acids is 1. The molecule has 0 heterocycles. The molecule has 0 aliphatic rings. The number of rotatable bonds is 7. The fraction of sp³-hybridized carbons (Fsp3) is 0.357. The maximum Gasteiger partial charge on any atom is 0.306 e. The summed E-state index contributed by atoms with van der Waals surface area (Å²) < 4.78 is 15.2. The molecule has 0 unspecified atom stereocenters. The Kier molecular flexibility index (Phi) is 5.77. The first-order valence-electron chi connectivity index (χ1n) is 5.68. The lowest BCUT2D eigenvalue weighted by molar-refractivity contribution is -0.142. The molecule has 0 radical (unpaired) electrons. The van der Waals surface area contributed by atoms with E-state index >= 15 is 0 Å². The van der Waals surface area contributed by atoms with Crippen LogP contribution in [-0.4, -0.2) is 26.8 Å². The number of aryl methyl sites for hydroxylation is 1. The zero-order valence-electron chi connectivity index (χ0n) is 10.8. The summed E-state index contributed by atoms with van der Waals surface area (Å²) >= 11 is 0. The maximum atomic E-state index is 11.3. The van der Waals surface area contributed by atoms with Gasteiger partial charge in [0.05, 0.1) is 14.2 Å². The van der Waals surface area contributed by atoms with Gasteiger partial charge in [-0.1, -0.05) is 18.7 Å². The predicted molar refractivity (Wildman–Crippen MR) is 69.0 cm³/mol. The van der Waals surface area contributed by atoms with Crippen molar-refractivity contribution in [1.29, 1.82) is 0 Å². The Balaban J connectivity index is 2.57. The molecule has 1 rings (SSSR count). The second-order valence-corrected chi connectivity index (χ2v) is 3.66. The Bertz CT molecular complexity index is 412. The first kappa shape index (κ1) is 14.1. The summed E-state index contributed by atoms with van der Waals surface area (Å²) in [6.45, 7) is 3.74. The highest BCUT2D eigenvalue weighted by atomic mass is 16.5. The monoisotopic (exact) mass is 250 g/mol. The molecule has 1 aromatic carbocycles. The predicted octanol–water partition coefficient (Wildman–Crippen LogP) is 2.37. The van der Waals surface area contributed by atoms with Gasteiger partial charge in [-0.25, -0.2) is 0 Å². The van der Waals surface area contributed by atoms with Gasteiger partial charge in [-0.05, 0) is 24.1 Å². The number of carbonyl (C=O) groups is 1. The van der Waals surface area contributed by atoms with Crippen molar-refractivity contribution in [2.45, 2.75) is 12.8 Å². The molecule has 0 amide bonds. The molecular formula is C14H18O4. The summed E-state index contributed by atoms with van der Waals surface area (Å²) in [5, 5.41) is 0. The number of benzene rings is 1. The molecule has 0 saturated heterocycles. The normalized spacial score (nSPS) is 9.67. The summed E-state index contributed by atoms with van der Waals surface area (Å²) in [6.07, 6.45) is 2.49. The average Bonchev–Trinajstić information content (AvgIpc) is 2.42. The highest BCUT2D eigenvalue weighted by molar-refractivity contribution is 5.69. The van der Waals surface area contributed by atoms with Gasteiger partial charge in [-0.2, -0.15) is 0 Å². The molecule has 0 atom stereocenters. The van der Waals surface area contributed by atoms with Crippen molar-refractivity contribution in [3.8, 4) is 11.5 Å². The van der Waals surface area contributed by atoms with E-state index in [2.05, 4.69) is 6.58 Å². The minimum absolute atomic E-state index is 0.232. The van der Waals surface area contributed by atoms with Crippen LogP contribution >= 0.6 is 0 Å². The van der Waals surface area contributed by atoms with E-state index in [0.29, 0.717) is 24.3 Å². The Morgan fingerprint density at radius 1 is 1.28 bits per heavy atom. The molecule has 0 N–H and O–H groups in total. The van der Waals surface area contributed by atoms with E-state index in [1.54, 1.807) is 20.3 Å². The second kappa shape index (κ2) is 7.37. The van der Waals surface area contributed by atoms with Gasteiger partial charge >= 0.3 is 5.97 Å². The summed E-state index contributed by atoms with van der Waals surface area (Å²) in [4.78, 5) is 11.3. The number of esters is 1. The van der Waals surface area contributed by atoms with E-state index in [-0.39, 0.29) is 12.6 Å². The van der Waals surface area contributed by atoms with E-state index in [4.69, 9.17) is 14.2 Å². The number of hydrogen-bond donors (Lipinski definition) is 0. The topological polar surface area (TPSA) is 44.8 Å². The molecule has 4 heteroatoms. The molecule has 0 aromatic heterocycles. The summed E-state index contributed by atoms with van der Waals surface area (Å²) in [6, 6.07) is 5.59. The van der Waals surface area contributed by atoms with Crippen molar-refractivity contribution in [1.82, 2.24) is 0 Å². The molecule has 0 fully saturated rings. The largest absolute Gasteiger partial charge is 0.493 e. The molecule has 4 nitrogen and oxygen atoms in total. The van der Waals surface area contributed by atoms with Crippen molar-refractivity contribution in [3.05, 3.63) is 36.4 Å². The van der Waals surface area contributed by atoms with Gasteiger partial charge in [0.1, 0.15) is 6.61 Å². The van der Waals surface area contributed by atoms with E-state index in [1.807, 2.05) is 18.2 Å². The van der Waals surface area contributed by atoms with Gasteiger partial charge < -0.3 is 14.2 Å². The number of ether oxygens (including phenoxy) is 3. The standard InChI is InChI=1S/C14H18O4/c1-4-9-18-14(15)8-6-11-5-7-12(16-2)13(10-11)17-3/h4-5,7,10H,1,6,8-9H2,2-3H3. The van der Waals surface area contributed by atoms with Crippen molar-refractivity contribution in [2.24, 2.45) is 0 Å². The Labute approximate surface area is 107 Å². The Morgan fingerprint density at radius 2 is 2.00 bits per heavy atom. The molecule has 1 aromatic rings. The first-order valence-corrected chi connectivity index (χ1v) is 5.68. The second-order valence-electron chi connectivity index (χ2n) is 3.66. The van der Waals surface area contributed by atoms with Crippen molar-refractivity contribution in [2.75, 3.05) is 20.8 Å². The molecule has 98 valence electrons. The van der Waals surface area contributed by atoms with Crippen molar-refractivity contribution in [3.63, 3.8) is 0 Å². The van der Waals surface area contributed by atoms with Gasteiger partial charge in [0, 0.05) is 6.42 Å². The minimum atomic E-state index is -0.232. The zero-order valence-corrected chi connectivity index (χ0v) is 10.8. The van der Waals surface area contributed by atoms with Crippen LogP contribution in [0.5, 0.6) is 11.5 Å². The lowest BCUT2D eigenvalue weighted by atomic mass is 10.1. The van der Waals surface area contributed by atoms with Crippen LogP contribution in [-0.2, 0) is 16.0 Å². The van der Waals surface area contributed by atoms with Gasteiger partial charge in [0.15, 0.2) is 11.5 Å². The third-order valence-electron chi connectivity index (χ3n) is 2.43. The lowest BCUT2D eigenvalue weighted by Crippen LogP contribution is -2.05. The van der Waals surface area contributed by atoms with Gasteiger partial charge in [-0.15, -0.1) is 0 Å². The maximum absolute atomic E-state index is 11.3. The Hall–Kier alpha value is -1.97. The van der Waals surface area contributed by atoms with Crippen LogP contribution in [0.2, 0.25) is 0 Å². The smallest absolute Gasteiger partial charge is 0.306 e. The highest BCUT2D eigenvalue weighted by Crippen LogP contribution is 2.27. The van der Waals surface area contributed by atoms with Gasteiger partial charge in [-0.3, -0.25) is 4.79 Å². The molecule has 0 aliphatic carbocycles. The lowest BCUT2D eigenvalue weighted by Gasteiger charge is -2.09. The van der Waals surface area contributed by atoms with Crippen LogP contribution in [0.25, 0.3) is 0 Å². The van der Waals surface area contributed by atoms with Gasteiger partial charge in [0.2, 0.25) is 0 Å². The van der Waals surface area contributed by atoms with Crippen molar-refractivity contribution < 1.29 is 19.0 Å². The van der Waals surface area contributed by atoms with E-state index in [9.17, 15) is 4.79 Å². The van der Waals surface area contributed by atoms with Crippen LogP contribution < -0.4 is 9.47 Å². The van der Waals surface area contributed by atoms with E-state index in [1.165, 1.54) is 0 Å². The summed E-state index contributed by atoms with van der Waals surface area (Å²) in [5.41, 5.74) is 1.00. The average molecular weight is 250 g/mol. The highest BCUT2D eigenvalue weighted by Gasteiger charge is 2.07. The summed E-state index contributed by atoms with van der Waals surface area (Å²) in [5.74, 6) is 1.11. The quantitative estimate of drug-likeness (QED) is 0.550. The fourth-order valence-corrected chi connectivity index (χ4v) is 1.51. The SMILES string of the molecule is C=CCOC(=O)CCc1ccc(OC)c(OC)c1. The third kappa shape index (κ3) is 4.13. The molecule has 0 saturated carbocycles. The number of hydrogen-bond acceptors (Lipinski definition) is 4. The van der Waals surface area contributed by atoms with Crippen LogP contribution in [0.1, 0.15) is 12.0 Å². The van der Waals surface area contributed by atoms with Crippen LogP contribution in [0.3, 0.4) is 0 Å². The Morgan fingerprint density at radius 3 is 2.61 bits per heavy atom. The van der Waals surface area contributed by atoms with Crippen LogP contribution in [0.15, 0.2) is 30.9 Å². The number of methoxy groups -OCH3 is 2. The molecular weight excluding hydrogens is 232 g/mol. The zero-order chi connectivity index (χ0) is 13.4. The van der Waals surface area contributed by atoms with Gasteiger partial charge in [0.25, 0.3) is 0 Å². The van der Waals surface area contributed by atoms with Crippen molar-refractivity contribution >= 4 is 5.97 Å². The summed E-state index contributed by atoms with van der Waals surface area (Å²) in [7, 11) is 3.17. The van der Waals surface area contributed by atoms with Crippen LogP contribution in [0.4, 0.5) is 0 Å². The first-order chi connectivity index (χ1) is 8.71. The minimum Gasteiger partial charge on any atom is -0.493 e. The van der Waals surface area contributed by atoms with E-state index in [0.717, 1.165) is 5.56 Å². The van der Waals surface area contributed by atoms with Crippen LogP contribution in [0, 0.1) is 0 Å². The molecule has 18 heavy (non-hydrogen) atoms. The molecule has 0 spiro atoms. The molecule has 0 aliphatic heterocycles. The fourth-order valence-electron chi connectivity index (χ4n) is 1.51.